The Morgan fingerprint density at radius 3 is 2.39 bits per heavy atom. The van der Waals surface area contributed by atoms with Crippen LogP contribution in [-0.2, 0) is 4.79 Å². The molecule has 1 N–H and O–H groups in total. The van der Waals surface area contributed by atoms with Crippen molar-refractivity contribution in [2.75, 3.05) is 31.1 Å². The molecule has 0 radical (unpaired) electrons. The average Bonchev–Trinajstić information content (AvgIpc) is 2.39. The molecule has 0 saturated carbocycles. The zero-order valence-electron chi connectivity index (χ0n) is 11.0. The van der Waals surface area contributed by atoms with Crippen LogP contribution in [0.1, 0.15) is 25.5 Å². The van der Waals surface area contributed by atoms with Crippen LogP contribution in [0.4, 0.5) is 5.69 Å². The smallest absolute Gasteiger partial charge is 0.219 e. The Hall–Kier alpha value is -1.55. The lowest BCUT2D eigenvalue weighted by Crippen LogP contribution is -2.48. The maximum atomic E-state index is 11.3. The van der Waals surface area contributed by atoms with Crippen LogP contribution in [0.2, 0.25) is 0 Å². The number of carbonyl (C=O) groups is 1. The van der Waals surface area contributed by atoms with Crippen LogP contribution in [0.5, 0.6) is 0 Å². The highest BCUT2D eigenvalue weighted by molar-refractivity contribution is 5.73. The summed E-state index contributed by atoms with van der Waals surface area (Å²) in [5.74, 6) is 0.137. The van der Waals surface area contributed by atoms with E-state index in [-0.39, 0.29) is 5.91 Å². The highest BCUT2D eigenvalue weighted by Crippen LogP contribution is 2.26. The predicted octanol–water partition coefficient (Wildman–Crippen LogP) is 1.41. The van der Waals surface area contributed by atoms with Crippen molar-refractivity contribution in [2.24, 2.45) is 0 Å². The first-order chi connectivity index (χ1) is 8.59. The number of aliphatic hydroxyl groups excluding tert-OH is 1. The molecule has 0 aliphatic carbocycles. The van der Waals surface area contributed by atoms with E-state index < -0.39 is 6.10 Å². The normalized spacial score (nSPS) is 17.7. The van der Waals surface area contributed by atoms with Gasteiger partial charge in [0.15, 0.2) is 0 Å². The molecule has 1 aliphatic heterocycles. The first-order valence-corrected chi connectivity index (χ1v) is 6.37. The van der Waals surface area contributed by atoms with E-state index in [0.717, 1.165) is 37.4 Å². The third-order valence-electron chi connectivity index (χ3n) is 3.45. The molecule has 1 atom stereocenters. The number of rotatable bonds is 2. The lowest BCUT2D eigenvalue weighted by Gasteiger charge is -2.36. The van der Waals surface area contributed by atoms with Crippen molar-refractivity contribution in [3.05, 3.63) is 29.8 Å². The molecule has 1 saturated heterocycles. The fourth-order valence-corrected chi connectivity index (χ4v) is 2.39. The highest BCUT2D eigenvalue weighted by Gasteiger charge is 2.21. The zero-order valence-corrected chi connectivity index (χ0v) is 11.0. The first kappa shape index (κ1) is 12.9. The van der Waals surface area contributed by atoms with Gasteiger partial charge < -0.3 is 14.9 Å². The molecule has 2 rings (SSSR count). The van der Waals surface area contributed by atoms with Gasteiger partial charge in [0.05, 0.1) is 6.10 Å². The average molecular weight is 248 g/mol. The van der Waals surface area contributed by atoms with Crippen molar-refractivity contribution in [3.63, 3.8) is 0 Å². The van der Waals surface area contributed by atoms with Crippen LogP contribution in [0, 0.1) is 0 Å². The van der Waals surface area contributed by atoms with Crippen LogP contribution in [-0.4, -0.2) is 42.1 Å². The lowest BCUT2D eigenvalue weighted by molar-refractivity contribution is -0.129. The quantitative estimate of drug-likeness (QED) is 0.860. The number of anilines is 1. The van der Waals surface area contributed by atoms with E-state index in [9.17, 15) is 9.90 Å². The van der Waals surface area contributed by atoms with Crippen molar-refractivity contribution in [1.82, 2.24) is 4.90 Å². The summed E-state index contributed by atoms with van der Waals surface area (Å²) < 4.78 is 0. The molecule has 1 amide bonds. The summed E-state index contributed by atoms with van der Waals surface area (Å²) in [6, 6.07) is 7.92. The van der Waals surface area contributed by atoms with Crippen LogP contribution < -0.4 is 4.90 Å². The topological polar surface area (TPSA) is 43.8 Å². The summed E-state index contributed by atoms with van der Waals surface area (Å²) in [4.78, 5) is 15.4. The van der Waals surface area contributed by atoms with E-state index in [4.69, 9.17) is 0 Å². The van der Waals surface area contributed by atoms with E-state index in [2.05, 4.69) is 4.90 Å². The number of nitrogens with zero attached hydrogens (tertiary/aromatic N) is 2. The summed E-state index contributed by atoms with van der Waals surface area (Å²) in [5, 5.41) is 9.78. The molecular formula is C14H20N2O2. The second-order valence-corrected chi connectivity index (χ2v) is 4.73. The number of piperazine rings is 1. The molecule has 1 aromatic carbocycles. The van der Waals surface area contributed by atoms with Gasteiger partial charge in [-0.1, -0.05) is 18.2 Å². The van der Waals surface area contributed by atoms with Crippen LogP contribution in [0.3, 0.4) is 0 Å². The number of aliphatic hydroxyl groups is 1. The Balaban J connectivity index is 2.12. The van der Waals surface area contributed by atoms with E-state index >= 15 is 0 Å². The van der Waals surface area contributed by atoms with Crippen molar-refractivity contribution >= 4 is 11.6 Å². The van der Waals surface area contributed by atoms with E-state index in [1.165, 1.54) is 0 Å². The second kappa shape index (κ2) is 5.40. The monoisotopic (exact) mass is 248 g/mol. The molecule has 0 spiro atoms. The fourth-order valence-electron chi connectivity index (χ4n) is 2.39. The molecule has 0 bridgehead atoms. The summed E-state index contributed by atoms with van der Waals surface area (Å²) >= 11 is 0. The summed E-state index contributed by atoms with van der Waals surface area (Å²) in [6.07, 6.45) is -0.466. The Labute approximate surface area is 108 Å². The molecule has 1 heterocycles. The van der Waals surface area contributed by atoms with Gasteiger partial charge in [0, 0.05) is 44.4 Å². The number of benzene rings is 1. The number of para-hydroxylation sites is 1. The van der Waals surface area contributed by atoms with Crippen molar-refractivity contribution < 1.29 is 9.90 Å². The van der Waals surface area contributed by atoms with Gasteiger partial charge in [0.25, 0.3) is 0 Å². The third kappa shape index (κ3) is 2.64. The van der Waals surface area contributed by atoms with Crippen LogP contribution in [0.25, 0.3) is 0 Å². The van der Waals surface area contributed by atoms with Gasteiger partial charge in [-0.2, -0.15) is 0 Å². The minimum Gasteiger partial charge on any atom is -0.389 e. The maximum absolute atomic E-state index is 11.3. The van der Waals surface area contributed by atoms with E-state index in [1.807, 2.05) is 29.2 Å². The Bertz CT molecular complexity index is 424. The largest absolute Gasteiger partial charge is 0.389 e. The van der Waals surface area contributed by atoms with Gasteiger partial charge in [-0.3, -0.25) is 4.79 Å². The van der Waals surface area contributed by atoms with Gasteiger partial charge >= 0.3 is 0 Å². The lowest BCUT2D eigenvalue weighted by atomic mass is 10.1. The minimum atomic E-state index is -0.466. The second-order valence-electron chi connectivity index (χ2n) is 4.73. The number of hydrogen-bond acceptors (Lipinski definition) is 3. The van der Waals surface area contributed by atoms with Gasteiger partial charge in [0.1, 0.15) is 0 Å². The van der Waals surface area contributed by atoms with Crippen molar-refractivity contribution in [1.29, 1.82) is 0 Å². The summed E-state index contributed by atoms with van der Waals surface area (Å²) in [5.41, 5.74) is 2.03. The molecule has 4 nitrogen and oxygen atoms in total. The third-order valence-corrected chi connectivity index (χ3v) is 3.45. The number of carbonyl (C=O) groups excluding carboxylic acids is 1. The van der Waals surface area contributed by atoms with Gasteiger partial charge in [-0.15, -0.1) is 0 Å². The Morgan fingerprint density at radius 1 is 1.22 bits per heavy atom. The van der Waals surface area contributed by atoms with Gasteiger partial charge in [-0.05, 0) is 13.0 Å². The Kier molecular flexibility index (Phi) is 3.87. The fraction of sp³-hybridized carbons (Fsp3) is 0.500. The predicted molar refractivity (Wildman–Crippen MR) is 71.5 cm³/mol. The molecule has 18 heavy (non-hydrogen) atoms. The van der Waals surface area contributed by atoms with E-state index in [1.54, 1.807) is 13.8 Å². The maximum Gasteiger partial charge on any atom is 0.219 e. The number of amides is 1. The Morgan fingerprint density at radius 2 is 1.83 bits per heavy atom. The minimum absolute atomic E-state index is 0.137. The molecular weight excluding hydrogens is 228 g/mol. The van der Waals surface area contributed by atoms with Gasteiger partial charge in [0.2, 0.25) is 5.91 Å². The molecule has 98 valence electrons. The summed E-state index contributed by atoms with van der Waals surface area (Å²) in [7, 11) is 0. The standard InChI is InChI=1S/C14H20N2O2/c1-11(17)13-5-3-4-6-14(13)16-9-7-15(8-10-16)12(2)18/h3-6,11,17H,7-10H2,1-2H3/t11-/m1/s1. The van der Waals surface area contributed by atoms with Crippen molar-refractivity contribution in [2.45, 2.75) is 20.0 Å². The summed E-state index contributed by atoms with van der Waals surface area (Å²) in [6.45, 7) is 6.55. The van der Waals surface area contributed by atoms with Crippen molar-refractivity contribution in [3.8, 4) is 0 Å². The molecule has 0 aromatic heterocycles. The molecule has 0 unspecified atom stereocenters. The highest BCUT2D eigenvalue weighted by atomic mass is 16.3. The molecule has 1 fully saturated rings. The molecule has 4 heteroatoms. The zero-order chi connectivity index (χ0) is 13.1. The SMILES string of the molecule is CC(=O)N1CCN(c2ccccc2[C@@H](C)O)CC1. The van der Waals surface area contributed by atoms with Crippen LogP contribution in [0.15, 0.2) is 24.3 Å². The van der Waals surface area contributed by atoms with E-state index in [0.29, 0.717) is 0 Å². The van der Waals surface area contributed by atoms with Crippen LogP contribution >= 0.6 is 0 Å². The van der Waals surface area contributed by atoms with Gasteiger partial charge in [-0.25, -0.2) is 0 Å². The molecule has 1 aromatic rings. The number of hydrogen-bond donors (Lipinski definition) is 1. The first-order valence-electron chi connectivity index (χ1n) is 6.37. The molecule has 1 aliphatic rings.